The van der Waals surface area contributed by atoms with Gasteiger partial charge in [-0.1, -0.05) is 13.8 Å². The first kappa shape index (κ1) is 20.6. The molecule has 0 fully saturated rings. The maximum absolute atomic E-state index is 11.4. The third-order valence-electron chi connectivity index (χ3n) is 3.00. The van der Waals surface area contributed by atoms with E-state index in [4.69, 9.17) is 9.47 Å². The van der Waals surface area contributed by atoms with Gasteiger partial charge in [-0.25, -0.2) is 9.59 Å². The van der Waals surface area contributed by atoms with Gasteiger partial charge in [-0.3, -0.25) is 0 Å². The van der Waals surface area contributed by atoms with Crippen LogP contribution in [-0.4, -0.2) is 75.2 Å². The minimum absolute atomic E-state index is 0.316. The molecule has 0 amide bonds. The number of ether oxygens (including phenoxy) is 2. The van der Waals surface area contributed by atoms with E-state index < -0.39 is 11.9 Å². The van der Waals surface area contributed by atoms with E-state index in [1.54, 1.807) is 0 Å². The molecule has 0 unspecified atom stereocenters. The molecule has 0 bridgehead atoms. The van der Waals surface area contributed by atoms with Crippen molar-refractivity contribution in [2.24, 2.45) is 0 Å². The summed E-state index contributed by atoms with van der Waals surface area (Å²) in [4.78, 5) is 27.0. The van der Waals surface area contributed by atoms with E-state index in [1.807, 2.05) is 14.1 Å². The summed E-state index contributed by atoms with van der Waals surface area (Å²) in [6.45, 7) is 8.11. The van der Waals surface area contributed by atoms with E-state index in [1.165, 1.54) is 0 Å². The average molecular weight is 314 g/mol. The van der Waals surface area contributed by atoms with E-state index in [-0.39, 0.29) is 0 Å². The van der Waals surface area contributed by atoms with Gasteiger partial charge in [-0.15, -0.1) is 0 Å². The lowest BCUT2D eigenvalue weighted by atomic mass is 10.4. The van der Waals surface area contributed by atoms with Gasteiger partial charge in [-0.05, 0) is 40.0 Å². The molecule has 0 N–H and O–H groups in total. The molecule has 6 heteroatoms. The molecule has 0 rings (SSSR count). The van der Waals surface area contributed by atoms with Crippen LogP contribution in [0.4, 0.5) is 0 Å². The minimum atomic E-state index is -0.523. The predicted molar refractivity (Wildman–Crippen MR) is 86.6 cm³/mol. The molecule has 22 heavy (non-hydrogen) atoms. The molecule has 0 radical (unpaired) electrons. The summed E-state index contributed by atoms with van der Waals surface area (Å²) in [5.74, 6) is -1.05. The fourth-order valence-corrected chi connectivity index (χ4v) is 1.82. The van der Waals surface area contributed by atoms with E-state index in [9.17, 15) is 9.59 Å². The lowest BCUT2D eigenvalue weighted by molar-refractivity contribution is -0.140. The summed E-state index contributed by atoms with van der Waals surface area (Å²) in [6.07, 6.45) is 4.34. The van der Waals surface area contributed by atoms with Crippen molar-refractivity contribution in [3.05, 3.63) is 12.2 Å². The maximum atomic E-state index is 11.4. The van der Waals surface area contributed by atoms with Crippen LogP contribution in [0.1, 0.15) is 26.7 Å². The Labute approximate surface area is 134 Å². The molecule has 0 aliphatic carbocycles. The number of likely N-dealkylation sites (N-methyl/N-ethyl adjacent to an activating group) is 2. The number of hydrogen-bond acceptors (Lipinski definition) is 6. The minimum Gasteiger partial charge on any atom is -0.461 e. The number of hydrogen-bond donors (Lipinski definition) is 0. The molecule has 0 atom stereocenters. The molecule has 0 aromatic heterocycles. The molecule has 128 valence electrons. The first-order valence-electron chi connectivity index (χ1n) is 7.88. The van der Waals surface area contributed by atoms with Gasteiger partial charge in [-0.2, -0.15) is 0 Å². The third kappa shape index (κ3) is 12.3. The van der Waals surface area contributed by atoms with Crippen LogP contribution < -0.4 is 0 Å². The highest BCUT2D eigenvalue weighted by Crippen LogP contribution is 1.91. The highest BCUT2D eigenvalue weighted by Gasteiger charge is 2.03. The number of rotatable bonds is 12. The molecule has 0 aliphatic heterocycles. The van der Waals surface area contributed by atoms with Crippen molar-refractivity contribution in [1.29, 1.82) is 0 Å². The second-order valence-electron chi connectivity index (χ2n) is 5.27. The molecule has 0 aliphatic rings. The van der Waals surface area contributed by atoms with Crippen molar-refractivity contribution in [3.63, 3.8) is 0 Å². The first-order chi connectivity index (χ1) is 10.5. The zero-order chi connectivity index (χ0) is 16.8. The SMILES string of the molecule is CCCN(C)CCOC(=O)/C=C\C(=O)OCCN(C)CCC. The Morgan fingerprint density at radius 1 is 0.773 bits per heavy atom. The van der Waals surface area contributed by atoms with Crippen LogP contribution in [0.25, 0.3) is 0 Å². The molecule has 0 saturated carbocycles. The molecule has 0 saturated heterocycles. The van der Waals surface area contributed by atoms with E-state index in [0.29, 0.717) is 26.3 Å². The topological polar surface area (TPSA) is 59.1 Å². The monoisotopic (exact) mass is 314 g/mol. The van der Waals surface area contributed by atoms with E-state index in [0.717, 1.165) is 38.1 Å². The van der Waals surface area contributed by atoms with Crippen LogP contribution in [0.3, 0.4) is 0 Å². The Kier molecular flexibility index (Phi) is 12.4. The molecule has 0 spiro atoms. The van der Waals surface area contributed by atoms with Crippen molar-refractivity contribution in [2.45, 2.75) is 26.7 Å². The first-order valence-corrected chi connectivity index (χ1v) is 7.88. The Hall–Kier alpha value is -1.40. The lowest BCUT2D eigenvalue weighted by Gasteiger charge is -2.14. The Morgan fingerprint density at radius 2 is 1.14 bits per heavy atom. The Balaban J connectivity index is 3.76. The number of carbonyl (C=O) groups is 2. The molecule has 0 heterocycles. The highest BCUT2D eigenvalue weighted by atomic mass is 16.5. The highest BCUT2D eigenvalue weighted by molar-refractivity contribution is 5.91. The van der Waals surface area contributed by atoms with E-state index in [2.05, 4.69) is 23.6 Å². The lowest BCUT2D eigenvalue weighted by Crippen LogP contribution is -2.25. The normalized spacial score (nSPS) is 11.4. The quantitative estimate of drug-likeness (QED) is 0.400. The van der Waals surface area contributed by atoms with E-state index >= 15 is 0 Å². The molecule has 0 aromatic rings. The van der Waals surface area contributed by atoms with Gasteiger partial charge < -0.3 is 19.3 Å². The van der Waals surface area contributed by atoms with Crippen LogP contribution >= 0.6 is 0 Å². The van der Waals surface area contributed by atoms with Crippen molar-refractivity contribution < 1.29 is 19.1 Å². The Morgan fingerprint density at radius 3 is 1.45 bits per heavy atom. The molecular formula is C16H30N2O4. The van der Waals surface area contributed by atoms with Gasteiger partial charge in [0.1, 0.15) is 13.2 Å². The second-order valence-corrected chi connectivity index (χ2v) is 5.27. The molecule has 6 nitrogen and oxygen atoms in total. The van der Waals surface area contributed by atoms with Gasteiger partial charge in [0.25, 0.3) is 0 Å². The van der Waals surface area contributed by atoms with Gasteiger partial charge in [0.2, 0.25) is 0 Å². The van der Waals surface area contributed by atoms with Crippen LogP contribution in [-0.2, 0) is 19.1 Å². The summed E-state index contributed by atoms with van der Waals surface area (Å²) < 4.78 is 10.0. The number of esters is 2. The van der Waals surface area contributed by atoms with Crippen molar-refractivity contribution in [1.82, 2.24) is 9.80 Å². The molecule has 0 aromatic carbocycles. The Bertz CT molecular complexity index is 313. The summed E-state index contributed by atoms with van der Waals surface area (Å²) in [7, 11) is 3.94. The standard InChI is InChI=1S/C16H30N2O4/c1-5-9-17(3)11-13-21-15(19)7-8-16(20)22-14-12-18(4)10-6-2/h7-8H,5-6,9-14H2,1-4H3/b8-7-. The van der Waals surface area contributed by atoms with Crippen LogP contribution in [0.2, 0.25) is 0 Å². The van der Waals surface area contributed by atoms with Crippen LogP contribution in [0, 0.1) is 0 Å². The van der Waals surface area contributed by atoms with Crippen LogP contribution in [0.5, 0.6) is 0 Å². The van der Waals surface area contributed by atoms with Gasteiger partial charge in [0.05, 0.1) is 0 Å². The summed E-state index contributed by atoms with van der Waals surface area (Å²) in [6, 6.07) is 0. The maximum Gasteiger partial charge on any atom is 0.331 e. The average Bonchev–Trinajstić information content (AvgIpc) is 2.45. The zero-order valence-corrected chi connectivity index (χ0v) is 14.3. The summed E-state index contributed by atoms with van der Waals surface area (Å²) in [5.41, 5.74) is 0. The van der Waals surface area contributed by atoms with Gasteiger partial charge in [0.15, 0.2) is 0 Å². The largest absolute Gasteiger partial charge is 0.461 e. The summed E-state index contributed by atoms with van der Waals surface area (Å²) in [5, 5.41) is 0. The summed E-state index contributed by atoms with van der Waals surface area (Å²) >= 11 is 0. The third-order valence-corrected chi connectivity index (χ3v) is 3.00. The van der Waals surface area contributed by atoms with Gasteiger partial charge >= 0.3 is 11.9 Å². The van der Waals surface area contributed by atoms with Crippen LogP contribution in [0.15, 0.2) is 12.2 Å². The number of nitrogens with zero attached hydrogens (tertiary/aromatic N) is 2. The second kappa shape index (κ2) is 13.3. The fourth-order valence-electron chi connectivity index (χ4n) is 1.82. The van der Waals surface area contributed by atoms with Crippen molar-refractivity contribution >= 4 is 11.9 Å². The smallest absolute Gasteiger partial charge is 0.331 e. The fraction of sp³-hybridized carbons (Fsp3) is 0.750. The number of carbonyl (C=O) groups excluding carboxylic acids is 2. The zero-order valence-electron chi connectivity index (χ0n) is 14.3. The molecular weight excluding hydrogens is 284 g/mol. The van der Waals surface area contributed by atoms with Crippen molar-refractivity contribution in [2.75, 3.05) is 53.5 Å². The van der Waals surface area contributed by atoms with Crippen molar-refractivity contribution in [3.8, 4) is 0 Å². The predicted octanol–water partition coefficient (Wildman–Crippen LogP) is 1.31. The van der Waals surface area contributed by atoms with Gasteiger partial charge in [0, 0.05) is 25.2 Å².